The number of aryl methyl sites for hydroxylation is 1. The molecule has 0 saturated carbocycles. The zero-order chi connectivity index (χ0) is 24.7. The number of rotatable bonds is 10. The molecule has 0 aliphatic carbocycles. The lowest BCUT2D eigenvalue weighted by molar-refractivity contribution is 0.122. The highest BCUT2D eigenvalue weighted by atomic mass is 32.2. The van der Waals surface area contributed by atoms with Crippen LogP contribution in [-0.2, 0) is 17.9 Å². The number of fused-ring (bicyclic) bond motifs is 1. The van der Waals surface area contributed by atoms with Gasteiger partial charge < -0.3 is 18.9 Å². The van der Waals surface area contributed by atoms with Crippen LogP contribution in [0.4, 0.5) is 5.69 Å². The summed E-state index contributed by atoms with van der Waals surface area (Å²) < 4.78 is 14.0. The maximum atomic E-state index is 6.08. The van der Waals surface area contributed by atoms with Crippen molar-refractivity contribution in [1.29, 1.82) is 0 Å². The van der Waals surface area contributed by atoms with E-state index in [0.717, 1.165) is 55.6 Å². The number of hydrogen-bond acceptors (Lipinski definition) is 5. The predicted octanol–water partition coefficient (Wildman–Crippen LogP) is 6.70. The summed E-state index contributed by atoms with van der Waals surface area (Å²) in [5.41, 5.74) is 5.93. The monoisotopic (exact) mass is 501 g/mol. The summed E-state index contributed by atoms with van der Waals surface area (Å²) >= 11 is 1.95. The Hall–Kier alpha value is -2.96. The van der Waals surface area contributed by atoms with Gasteiger partial charge in [-0.25, -0.2) is 0 Å². The van der Waals surface area contributed by atoms with Gasteiger partial charge in [-0.1, -0.05) is 31.5 Å². The number of unbranched alkanes of at least 4 members (excludes halogenated alkanes) is 1. The van der Waals surface area contributed by atoms with Crippen molar-refractivity contribution in [2.24, 2.45) is 0 Å². The number of anilines is 1. The summed E-state index contributed by atoms with van der Waals surface area (Å²) in [6.07, 6.45) is 4.31. The molecule has 1 aliphatic heterocycles. The Morgan fingerprint density at radius 2 is 1.83 bits per heavy atom. The Bertz CT molecular complexity index is 1260. The number of thioether (sulfide) groups is 1. The summed E-state index contributed by atoms with van der Waals surface area (Å²) in [6, 6.07) is 21.9. The van der Waals surface area contributed by atoms with Crippen LogP contribution >= 0.6 is 11.8 Å². The van der Waals surface area contributed by atoms with Gasteiger partial charge in [-0.05, 0) is 72.7 Å². The van der Waals surface area contributed by atoms with E-state index in [0.29, 0.717) is 6.61 Å². The van der Waals surface area contributed by atoms with Crippen LogP contribution in [0.15, 0.2) is 71.9 Å². The molecule has 2 aromatic carbocycles. The van der Waals surface area contributed by atoms with Crippen molar-refractivity contribution >= 4 is 28.4 Å². The van der Waals surface area contributed by atoms with Crippen molar-refractivity contribution in [2.45, 2.75) is 44.9 Å². The molecule has 36 heavy (non-hydrogen) atoms. The highest BCUT2D eigenvalue weighted by Gasteiger charge is 2.13. The second-order valence-corrected chi connectivity index (χ2v) is 10.5. The second-order valence-electron chi connectivity index (χ2n) is 9.37. The Kier molecular flexibility index (Phi) is 8.14. The van der Waals surface area contributed by atoms with Gasteiger partial charge in [-0.15, -0.1) is 11.8 Å². The Morgan fingerprint density at radius 3 is 2.58 bits per heavy atom. The van der Waals surface area contributed by atoms with Crippen molar-refractivity contribution in [1.82, 2.24) is 9.55 Å². The molecule has 5 rings (SSSR count). The van der Waals surface area contributed by atoms with Gasteiger partial charge in [-0.2, -0.15) is 0 Å². The molecule has 0 bridgehead atoms. The molecule has 1 fully saturated rings. The van der Waals surface area contributed by atoms with Gasteiger partial charge in [0, 0.05) is 42.4 Å². The quantitative estimate of drug-likeness (QED) is 0.179. The van der Waals surface area contributed by atoms with Gasteiger partial charge >= 0.3 is 0 Å². The average molecular weight is 502 g/mol. The van der Waals surface area contributed by atoms with Gasteiger partial charge in [0.05, 0.1) is 23.9 Å². The molecule has 3 heterocycles. The minimum Gasteiger partial charge on any atom is -0.487 e. The molecule has 0 N–H and O–H groups in total. The third-order valence-electron chi connectivity index (χ3n) is 6.60. The molecular weight excluding hydrogens is 466 g/mol. The van der Waals surface area contributed by atoms with E-state index in [1.165, 1.54) is 40.0 Å². The summed E-state index contributed by atoms with van der Waals surface area (Å²) in [7, 11) is 0. The molecule has 0 spiro atoms. The van der Waals surface area contributed by atoms with Crippen LogP contribution in [0, 0.1) is 6.92 Å². The molecule has 1 saturated heterocycles. The predicted molar refractivity (Wildman–Crippen MR) is 149 cm³/mol. The van der Waals surface area contributed by atoms with Crippen molar-refractivity contribution in [3.8, 4) is 5.75 Å². The van der Waals surface area contributed by atoms with E-state index in [-0.39, 0.29) is 0 Å². The van der Waals surface area contributed by atoms with Crippen LogP contribution in [0.5, 0.6) is 5.75 Å². The molecule has 0 unspecified atom stereocenters. The summed E-state index contributed by atoms with van der Waals surface area (Å²) in [4.78, 5) is 6.86. The van der Waals surface area contributed by atoms with E-state index in [4.69, 9.17) is 9.47 Å². The smallest absolute Gasteiger partial charge is 0.130 e. The van der Waals surface area contributed by atoms with Crippen LogP contribution in [-0.4, -0.2) is 41.6 Å². The molecular formula is C30H35N3O2S. The van der Waals surface area contributed by atoms with Crippen LogP contribution in [0.1, 0.15) is 36.6 Å². The van der Waals surface area contributed by atoms with E-state index >= 15 is 0 Å². The van der Waals surface area contributed by atoms with Gasteiger partial charge in [0.15, 0.2) is 0 Å². The topological polar surface area (TPSA) is 39.5 Å². The number of hydrogen-bond donors (Lipinski definition) is 0. The molecule has 0 atom stereocenters. The maximum absolute atomic E-state index is 6.08. The van der Waals surface area contributed by atoms with E-state index in [1.807, 2.05) is 30.9 Å². The zero-order valence-electron chi connectivity index (χ0n) is 21.3. The van der Waals surface area contributed by atoms with Gasteiger partial charge in [-0.3, -0.25) is 4.98 Å². The molecule has 6 heteroatoms. The average Bonchev–Trinajstić information content (AvgIpc) is 3.25. The summed E-state index contributed by atoms with van der Waals surface area (Å²) in [5, 5.41) is 2.53. The molecule has 1 aliphatic rings. The maximum Gasteiger partial charge on any atom is 0.130 e. The third-order valence-corrected chi connectivity index (χ3v) is 7.72. The Labute approximate surface area is 218 Å². The van der Waals surface area contributed by atoms with Gasteiger partial charge in [0.25, 0.3) is 0 Å². The number of benzene rings is 2. The van der Waals surface area contributed by atoms with Crippen molar-refractivity contribution in [2.75, 3.05) is 37.0 Å². The van der Waals surface area contributed by atoms with Crippen LogP contribution < -0.4 is 9.64 Å². The van der Waals surface area contributed by atoms with Crippen molar-refractivity contribution in [3.05, 3.63) is 83.7 Å². The highest BCUT2D eigenvalue weighted by Crippen LogP contribution is 2.32. The third kappa shape index (κ3) is 6.05. The Balaban J connectivity index is 1.35. The largest absolute Gasteiger partial charge is 0.487 e. The molecule has 4 aromatic rings. The molecule has 2 aromatic heterocycles. The SMILES string of the molecule is CCCCSc1cc2cc(OCc3ccc(C)cn3)ccc2n1Cc1ccc(N2CCOCC2)cc1. The zero-order valence-corrected chi connectivity index (χ0v) is 22.1. The summed E-state index contributed by atoms with van der Waals surface area (Å²) in [6.45, 7) is 9.16. The second kappa shape index (κ2) is 11.8. The van der Waals surface area contributed by atoms with E-state index < -0.39 is 0 Å². The first-order valence-electron chi connectivity index (χ1n) is 12.9. The Morgan fingerprint density at radius 1 is 1.00 bits per heavy atom. The number of morpholine rings is 1. The fraction of sp³-hybridized carbons (Fsp3) is 0.367. The number of nitrogens with zero attached hydrogens (tertiary/aromatic N) is 3. The van der Waals surface area contributed by atoms with Crippen molar-refractivity contribution < 1.29 is 9.47 Å². The number of aromatic nitrogens is 2. The fourth-order valence-corrected chi connectivity index (χ4v) is 5.65. The number of ether oxygens (including phenoxy) is 2. The lowest BCUT2D eigenvalue weighted by Gasteiger charge is -2.29. The standard InChI is InChI=1S/C30H35N3O2S/c1-3-4-17-36-30-19-25-18-28(35-22-26-8-5-23(2)20-31-26)11-12-29(25)33(30)21-24-6-9-27(10-7-24)32-13-15-34-16-14-32/h5-12,18-20H,3-4,13-17,21-22H2,1-2H3. The van der Waals surface area contributed by atoms with Gasteiger partial charge in [0.1, 0.15) is 12.4 Å². The molecule has 5 nitrogen and oxygen atoms in total. The lowest BCUT2D eigenvalue weighted by atomic mass is 10.2. The number of pyridine rings is 1. The first-order chi connectivity index (χ1) is 17.7. The van der Waals surface area contributed by atoms with Crippen LogP contribution in [0.3, 0.4) is 0 Å². The van der Waals surface area contributed by atoms with Gasteiger partial charge in [0.2, 0.25) is 0 Å². The molecule has 0 amide bonds. The van der Waals surface area contributed by atoms with E-state index in [1.54, 1.807) is 0 Å². The fourth-order valence-electron chi connectivity index (χ4n) is 4.47. The van der Waals surface area contributed by atoms with E-state index in [2.05, 4.69) is 76.0 Å². The van der Waals surface area contributed by atoms with Crippen molar-refractivity contribution in [3.63, 3.8) is 0 Å². The van der Waals surface area contributed by atoms with Crippen LogP contribution in [0.2, 0.25) is 0 Å². The molecule has 188 valence electrons. The summed E-state index contributed by atoms with van der Waals surface area (Å²) in [5.74, 6) is 2.01. The normalized spacial score (nSPS) is 13.9. The van der Waals surface area contributed by atoms with E-state index in [9.17, 15) is 0 Å². The minimum absolute atomic E-state index is 0.472. The molecule has 0 radical (unpaired) electrons. The van der Waals surface area contributed by atoms with Crippen LogP contribution in [0.25, 0.3) is 10.9 Å². The highest BCUT2D eigenvalue weighted by molar-refractivity contribution is 7.99. The minimum atomic E-state index is 0.472. The lowest BCUT2D eigenvalue weighted by Crippen LogP contribution is -2.36. The first-order valence-corrected chi connectivity index (χ1v) is 13.9. The first kappa shape index (κ1) is 24.7.